The summed E-state index contributed by atoms with van der Waals surface area (Å²) in [5.41, 5.74) is 0.819. The van der Waals surface area contributed by atoms with Crippen LogP contribution in [0.2, 0.25) is 65.0 Å². The van der Waals surface area contributed by atoms with Crippen molar-refractivity contribution >= 4 is 39.7 Å². The second-order valence-electron chi connectivity index (χ2n) is 11.8. The van der Waals surface area contributed by atoms with E-state index in [0.29, 0.717) is 6.54 Å². The zero-order chi connectivity index (χ0) is 25.1. The van der Waals surface area contributed by atoms with Crippen molar-refractivity contribution in [1.29, 1.82) is 0 Å². The van der Waals surface area contributed by atoms with E-state index in [1.807, 2.05) is 6.92 Å². The van der Waals surface area contributed by atoms with Gasteiger partial charge in [0, 0.05) is 18.2 Å². The molecule has 0 atom stereocenters. The first kappa shape index (κ1) is 32.0. The molecule has 190 valence electrons. The second kappa shape index (κ2) is 14.4. The Hall–Kier alpha value is -0.0425. The van der Waals surface area contributed by atoms with E-state index in [1.54, 1.807) is 0 Å². The van der Waals surface area contributed by atoms with E-state index in [0.717, 1.165) is 30.9 Å². The molecule has 0 fully saturated rings. The summed E-state index contributed by atoms with van der Waals surface area (Å²) in [5.74, 6) is 0.0363. The van der Waals surface area contributed by atoms with Gasteiger partial charge >= 0.3 is 8.80 Å². The summed E-state index contributed by atoms with van der Waals surface area (Å²) in [6.07, 6.45) is 10.1. The van der Waals surface area contributed by atoms with Crippen LogP contribution in [0.15, 0.2) is 11.6 Å². The van der Waals surface area contributed by atoms with E-state index in [1.165, 1.54) is 25.7 Å². The molecule has 0 saturated heterocycles. The fourth-order valence-electron chi connectivity index (χ4n) is 3.42. The number of carbonyl (C=O) groups is 1. The average Bonchev–Trinajstić information content (AvgIpc) is 2.56. The summed E-state index contributed by atoms with van der Waals surface area (Å²) < 4.78 is 20.1. The van der Waals surface area contributed by atoms with Gasteiger partial charge in [-0.25, -0.2) is 0 Å². The number of amides is 1. The minimum absolute atomic E-state index is 0.0363. The molecule has 0 unspecified atom stereocenters. The van der Waals surface area contributed by atoms with Crippen LogP contribution in [0.4, 0.5) is 0 Å². The molecule has 9 heteroatoms. The van der Waals surface area contributed by atoms with Crippen molar-refractivity contribution in [2.75, 3.05) is 6.54 Å². The summed E-state index contributed by atoms with van der Waals surface area (Å²) in [6, 6.07) is 0.756. The van der Waals surface area contributed by atoms with Gasteiger partial charge in [0.15, 0.2) is 25.0 Å². The molecule has 0 aromatic heterocycles. The van der Waals surface area contributed by atoms with E-state index < -0.39 is 33.8 Å². The Morgan fingerprint density at radius 2 is 1.22 bits per heavy atom. The van der Waals surface area contributed by atoms with Crippen LogP contribution in [-0.4, -0.2) is 46.2 Å². The van der Waals surface area contributed by atoms with Crippen LogP contribution in [-0.2, 0) is 17.1 Å². The Kier molecular flexibility index (Phi) is 14.4. The van der Waals surface area contributed by atoms with Gasteiger partial charge in [0.05, 0.1) is 0 Å². The van der Waals surface area contributed by atoms with Crippen molar-refractivity contribution in [2.24, 2.45) is 0 Å². The molecule has 0 aliphatic carbocycles. The molecule has 0 bridgehead atoms. The predicted octanol–water partition coefficient (Wildman–Crippen LogP) is 7.29. The fraction of sp³-hybridized carbons (Fsp3) is 0.870. The normalized spacial score (nSPS) is 14.0. The quantitative estimate of drug-likeness (QED) is 0.124. The Labute approximate surface area is 203 Å². The number of hydrogen-bond donors (Lipinski definition) is 1. The minimum atomic E-state index is -2.82. The number of allylic oxidation sites excluding steroid dienone is 1. The van der Waals surface area contributed by atoms with Crippen LogP contribution in [0, 0.1) is 0 Å². The molecule has 0 aromatic rings. The summed E-state index contributed by atoms with van der Waals surface area (Å²) >= 11 is 0. The van der Waals surface area contributed by atoms with E-state index >= 15 is 0 Å². The van der Waals surface area contributed by atoms with Crippen LogP contribution >= 0.6 is 0 Å². The van der Waals surface area contributed by atoms with Gasteiger partial charge in [-0.05, 0) is 85.1 Å². The van der Waals surface area contributed by atoms with Crippen molar-refractivity contribution in [2.45, 2.75) is 124 Å². The average molecular weight is 520 g/mol. The third kappa shape index (κ3) is 17.4. The van der Waals surface area contributed by atoms with Gasteiger partial charge < -0.3 is 17.7 Å². The van der Waals surface area contributed by atoms with Crippen molar-refractivity contribution in [1.82, 2.24) is 5.32 Å². The molecule has 0 radical (unpaired) electrons. The van der Waals surface area contributed by atoms with Crippen LogP contribution in [0.3, 0.4) is 0 Å². The highest BCUT2D eigenvalue weighted by Gasteiger charge is 2.49. The van der Waals surface area contributed by atoms with Crippen LogP contribution in [0.1, 0.15) is 58.8 Å². The molecule has 0 spiro atoms. The molecular formula is C23H53NO4Si4. The molecule has 32 heavy (non-hydrogen) atoms. The van der Waals surface area contributed by atoms with Gasteiger partial charge in [0.25, 0.3) is 0 Å². The van der Waals surface area contributed by atoms with Crippen LogP contribution < -0.4 is 5.32 Å². The first-order valence-electron chi connectivity index (χ1n) is 12.5. The second-order valence-corrected chi connectivity index (χ2v) is 28.8. The topological polar surface area (TPSA) is 56.8 Å². The largest absolute Gasteiger partial charge is 0.469 e. The molecule has 0 heterocycles. The lowest BCUT2D eigenvalue weighted by molar-refractivity contribution is -0.117. The van der Waals surface area contributed by atoms with Gasteiger partial charge in [0.1, 0.15) is 0 Å². The van der Waals surface area contributed by atoms with Gasteiger partial charge in [-0.1, -0.05) is 38.7 Å². The maximum absolute atomic E-state index is 12.5. The van der Waals surface area contributed by atoms with Gasteiger partial charge in [0.2, 0.25) is 5.91 Å². The third-order valence-electron chi connectivity index (χ3n) is 4.45. The molecule has 1 N–H and O–H groups in total. The first-order chi connectivity index (χ1) is 14.5. The number of nitrogens with one attached hydrogen (secondary N) is 1. The summed E-state index contributed by atoms with van der Waals surface area (Å²) in [5, 5.41) is 3.09. The lowest BCUT2D eigenvalue weighted by atomic mass is 10.1. The lowest BCUT2D eigenvalue weighted by Gasteiger charge is -2.43. The Bertz CT molecular complexity index is 537. The van der Waals surface area contributed by atoms with Gasteiger partial charge in [-0.2, -0.15) is 0 Å². The summed E-state index contributed by atoms with van der Waals surface area (Å²) in [7, 11) is -8.40. The van der Waals surface area contributed by atoms with Crippen molar-refractivity contribution in [3.63, 3.8) is 0 Å². The van der Waals surface area contributed by atoms with Crippen molar-refractivity contribution in [3.8, 4) is 0 Å². The van der Waals surface area contributed by atoms with E-state index in [9.17, 15) is 4.79 Å². The number of carbonyl (C=O) groups excluding carboxylic acids is 1. The minimum Gasteiger partial charge on any atom is -0.417 e. The molecular weight excluding hydrogens is 467 g/mol. The lowest BCUT2D eigenvalue weighted by Crippen LogP contribution is -2.60. The maximum Gasteiger partial charge on any atom is 0.469 e. The van der Waals surface area contributed by atoms with Gasteiger partial charge in [-0.15, -0.1) is 0 Å². The molecule has 0 saturated carbocycles. The van der Waals surface area contributed by atoms with Crippen molar-refractivity contribution in [3.05, 3.63) is 11.6 Å². The smallest absolute Gasteiger partial charge is 0.417 e. The highest BCUT2D eigenvalue weighted by molar-refractivity contribution is 6.90. The highest BCUT2D eigenvalue weighted by atomic mass is 28.5. The Balaban J connectivity index is 4.94. The Morgan fingerprint density at radius 1 is 0.750 bits per heavy atom. The number of unbranched alkanes of at least 4 members (excludes halogenated alkanes) is 5. The zero-order valence-electron chi connectivity index (χ0n) is 23.1. The van der Waals surface area contributed by atoms with Crippen molar-refractivity contribution < 1.29 is 17.1 Å². The number of rotatable bonds is 17. The zero-order valence-corrected chi connectivity index (χ0v) is 27.1. The molecule has 1 amide bonds. The van der Waals surface area contributed by atoms with E-state index in [2.05, 4.69) is 77.2 Å². The molecule has 0 aromatic carbocycles. The fourth-order valence-corrected chi connectivity index (χ4v) is 18.1. The number of hydrogen-bond acceptors (Lipinski definition) is 4. The van der Waals surface area contributed by atoms with Crippen LogP contribution in [0.25, 0.3) is 0 Å². The molecule has 0 aliphatic rings. The molecule has 5 nitrogen and oxygen atoms in total. The predicted molar refractivity (Wildman–Crippen MR) is 149 cm³/mol. The molecule has 0 aliphatic heterocycles. The third-order valence-corrected chi connectivity index (χ3v) is 16.5. The standard InChI is InChI=1S/C23H53NO4Si4/c1-12-13-14-15-16-17-19-22(2)23(25)24-20-18-21-32(26-29(3,4)5,27-30(6,7)8)28-31(9,10)11/h19H,12-18,20-21H2,1-11H3,(H,24,25). The SMILES string of the molecule is CCCCCCCC=C(C)C(=O)NCCC[Si](O[Si](C)(C)C)(O[Si](C)(C)C)O[Si](C)(C)C. The van der Waals surface area contributed by atoms with Crippen LogP contribution in [0.5, 0.6) is 0 Å². The van der Waals surface area contributed by atoms with E-state index in [4.69, 9.17) is 12.3 Å². The first-order valence-corrected chi connectivity index (χ1v) is 24.7. The van der Waals surface area contributed by atoms with Gasteiger partial charge in [-0.3, -0.25) is 4.79 Å². The Morgan fingerprint density at radius 3 is 1.66 bits per heavy atom. The maximum atomic E-state index is 12.5. The van der Waals surface area contributed by atoms with E-state index in [-0.39, 0.29) is 5.91 Å². The molecule has 0 rings (SSSR count). The summed E-state index contributed by atoms with van der Waals surface area (Å²) in [4.78, 5) is 12.5. The summed E-state index contributed by atoms with van der Waals surface area (Å²) in [6.45, 7) is 24.6. The highest BCUT2D eigenvalue weighted by Crippen LogP contribution is 2.29. The monoisotopic (exact) mass is 519 g/mol.